The predicted octanol–water partition coefficient (Wildman–Crippen LogP) is 3.26. The van der Waals surface area contributed by atoms with Crippen LogP contribution in [-0.4, -0.2) is 28.3 Å². The van der Waals surface area contributed by atoms with Gasteiger partial charge in [-0.25, -0.2) is 8.42 Å². The molecule has 7 heteroatoms. The number of sulfonamides is 1. The van der Waals surface area contributed by atoms with Gasteiger partial charge in [-0.2, -0.15) is 5.26 Å². The molecule has 0 aliphatic carbocycles. The summed E-state index contributed by atoms with van der Waals surface area (Å²) in [7, 11) is -1.69. The highest BCUT2D eigenvalue weighted by atomic mass is 32.2. The Labute approximate surface area is 154 Å². The first-order valence-corrected chi connectivity index (χ1v) is 10.2. The molecule has 1 N–H and O–H groups in total. The van der Waals surface area contributed by atoms with Crippen molar-refractivity contribution in [3.05, 3.63) is 53.6 Å². The van der Waals surface area contributed by atoms with Gasteiger partial charge in [0, 0.05) is 24.0 Å². The summed E-state index contributed by atoms with van der Waals surface area (Å²) in [6.07, 6.45) is 1.12. The third kappa shape index (κ3) is 3.33. The van der Waals surface area contributed by atoms with Crippen molar-refractivity contribution in [3.63, 3.8) is 0 Å². The maximum atomic E-state index is 11.4. The molecule has 1 aliphatic rings. The Bertz CT molecular complexity index is 949. The standard InChI is InChI=1S/C19H21N3O3S/c1-4-22-18-11-15(25-2)9-10-16(18)17(12-20)19(22)13-5-7-14(8-6-13)21-26(3,23)24/h5-11,17,19,21H,4H2,1-3H3. The molecule has 0 spiro atoms. The number of fused-ring (bicyclic) bond motifs is 1. The van der Waals surface area contributed by atoms with E-state index in [1.807, 2.05) is 30.3 Å². The molecule has 0 saturated heterocycles. The average molecular weight is 371 g/mol. The molecule has 1 heterocycles. The number of nitrogens with zero attached hydrogens (tertiary/aromatic N) is 2. The number of anilines is 2. The molecule has 2 unspecified atom stereocenters. The van der Waals surface area contributed by atoms with E-state index < -0.39 is 10.0 Å². The molecule has 136 valence electrons. The molecular weight excluding hydrogens is 350 g/mol. The monoisotopic (exact) mass is 371 g/mol. The largest absolute Gasteiger partial charge is 0.497 e. The van der Waals surface area contributed by atoms with Crippen molar-refractivity contribution >= 4 is 21.4 Å². The third-order valence-corrected chi connectivity index (χ3v) is 5.18. The van der Waals surface area contributed by atoms with Crippen LogP contribution in [0.1, 0.15) is 30.0 Å². The summed E-state index contributed by atoms with van der Waals surface area (Å²) in [5, 5.41) is 9.79. The predicted molar refractivity (Wildman–Crippen MR) is 102 cm³/mol. The van der Waals surface area contributed by atoms with E-state index in [0.717, 1.165) is 35.4 Å². The van der Waals surface area contributed by atoms with Gasteiger partial charge in [0.2, 0.25) is 10.0 Å². The molecule has 26 heavy (non-hydrogen) atoms. The first kappa shape index (κ1) is 18.1. The number of hydrogen-bond donors (Lipinski definition) is 1. The smallest absolute Gasteiger partial charge is 0.229 e. The summed E-state index contributed by atoms with van der Waals surface area (Å²) >= 11 is 0. The number of nitrogens with one attached hydrogen (secondary N) is 1. The van der Waals surface area contributed by atoms with Crippen molar-refractivity contribution in [1.29, 1.82) is 5.26 Å². The van der Waals surface area contributed by atoms with Gasteiger partial charge >= 0.3 is 0 Å². The van der Waals surface area contributed by atoms with Crippen LogP contribution in [0.3, 0.4) is 0 Å². The molecule has 1 aliphatic heterocycles. The van der Waals surface area contributed by atoms with Crippen LogP contribution in [0.15, 0.2) is 42.5 Å². The highest BCUT2D eigenvalue weighted by Gasteiger charge is 2.39. The van der Waals surface area contributed by atoms with Crippen molar-refractivity contribution in [1.82, 2.24) is 0 Å². The van der Waals surface area contributed by atoms with E-state index in [9.17, 15) is 13.7 Å². The normalized spacial score (nSPS) is 18.9. The van der Waals surface area contributed by atoms with Crippen LogP contribution in [0.4, 0.5) is 11.4 Å². The van der Waals surface area contributed by atoms with E-state index in [2.05, 4.69) is 22.6 Å². The van der Waals surface area contributed by atoms with Crippen LogP contribution >= 0.6 is 0 Å². The van der Waals surface area contributed by atoms with E-state index >= 15 is 0 Å². The van der Waals surface area contributed by atoms with Crippen molar-refractivity contribution in [2.45, 2.75) is 18.9 Å². The maximum absolute atomic E-state index is 11.4. The Hall–Kier alpha value is -2.72. The third-order valence-electron chi connectivity index (χ3n) is 4.57. The zero-order valence-corrected chi connectivity index (χ0v) is 15.7. The number of likely N-dealkylation sites (N-methyl/N-ethyl adjacent to an activating group) is 1. The first-order chi connectivity index (χ1) is 12.4. The molecule has 3 rings (SSSR count). The lowest BCUT2D eigenvalue weighted by Crippen LogP contribution is -2.26. The molecule has 0 aromatic heterocycles. The molecule has 0 bridgehead atoms. The highest BCUT2D eigenvalue weighted by Crippen LogP contribution is 2.49. The molecule has 2 aromatic rings. The molecule has 6 nitrogen and oxygen atoms in total. The second kappa shape index (κ2) is 6.89. The topological polar surface area (TPSA) is 82.4 Å². The van der Waals surface area contributed by atoms with Crippen LogP contribution in [0.25, 0.3) is 0 Å². The lowest BCUT2D eigenvalue weighted by Gasteiger charge is -2.28. The molecule has 0 amide bonds. The van der Waals surface area contributed by atoms with E-state index in [1.54, 1.807) is 19.2 Å². The zero-order chi connectivity index (χ0) is 18.9. The van der Waals surface area contributed by atoms with Gasteiger partial charge in [0.05, 0.1) is 31.4 Å². The second-order valence-corrected chi connectivity index (χ2v) is 8.01. The first-order valence-electron chi connectivity index (χ1n) is 8.30. The summed E-state index contributed by atoms with van der Waals surface area (Å²) in [5.41, 5.74) is 3.46. The Morgan fingerprint density at radius 3 is 2.46 bits per heavy atom. The quantitative estimate of drug-likeness (QED) is 0.872. The van der Waals surface area contributed by atoms with Gasteiger partial charge in [0.25, 0.3) is 0 Å². The molecule has 0 saturated carbocycles. The number of benzene rings is 2. The highest BCUT2D eigenvalue weighted by molar-refractivity contribution is 7.92. The molecule has 0 radical (unpaired) electrons. The van der Waals surface area contributed by atoms with Crippen molar-refractivity contribution in [2.24, 2.45) is 0 Å². The molecule has 2 atom stereocenters. The fourth-order valence-electron chi connectivity index (χ4n) is 3.50. The van der Waals surface area contributed by atoms with Crippen LogP contribution in [0.2, 0.25) is 0 Å². The van der Waals surface area contributed by atoms with E-state index in [-0.39, 0.29) is 12.0 Å². The van der Waals surface area contributed by atoms with Crippen LogP contribution in [-0.2, 0) is 10.0 Å². The average Bonchev–Trinajstić information content (AvgIpc) is 2.93. The SMILES string of the molecule is CCN1c2cc(OC)ccc2C(C#N)C1c1ccc(NS(C)(=O)=O)cc1. The number of methoxy groups -OCH3 is 1. The van der Waals surface area contributed by atoms with Gasteiger partial charge in [0.1, 0.15) is 5.75 Å². The molecule has 2 aromatic carbocycles. The van der Waals surface area contributed by atoms with E-state index in [1.165, 1.54) is 0 Å². The van der Waals surface area contributed by atoms with E-state index in [4.69, 9.17) is 4.74 Å². The number of ether oxygens (including phenoxy) is 1. The molecular formula is C19H21N3O3S. The fourth-order valence-corrected chi connectivity index (χ4v) is 4.07. The Kier molecular flexibility index (Phi) is 4.79. The van der Waals surface area contributed by atoms with Gasteiger partial charge in [-0.1, -0.05) is 18.2 Å². The number of nitriles is 1. The fraction of sp³-hybridized carbons (Fsp3) is 0.316. The van der Waals surface area contributed by atoms with Gasteiger partial charge in [-0.05, 0) is 36.2 Å². The van der Waals surface area contributed by atoms with Crippen molar-refractivity contribution in [2.75, 3.05) is 29.5 Å². The summed E-state index contributed by atoms with van der Waals surface area (Å²) in [6, 6.07) is 15.3. The zero-order valence-electron chi connectivity index (χ0n) is 14.9. The van der Waals surface area contributed by atoms with Gasteiger partial charge in [-0.3, -0.25) is 4.72 Å². The van der Waals surface area contributed by atoms with Gasteiger partial charge in [-0.15, -0.1) is 0 Å². The van der Waals surface area contributed by atoms with Crippen LogP contribution in [0, 0.1) is 11.3 Å². The lowest BCUT2D eigenvalue weighted by molar-refractivity contribution is 0.415. The Balaban J connectivity index is 2.00. The summed E-state index contributed by atoms with van der Waals surface area (Å²) < 4.78 is 30.5. The number of hydrogen-bond acceptors (Lipinski definition) is 5. The van der Waals surface area contributed by atoms with Crippen LogP contribution in [0.5, 0.6) is 5.75 Å². The minimum absolute atomic E-state index is 0.126. The van der Waals surface area contributed by atoms with Crippen molar-refractivity contribution < 1.29 is 13.2 Å². The van der Waals surface area contributed by atoms with E-state index in [0.29, 0.717) is 5.69 Å². The van der Waals surface area contributed by atoms with Crippen molar-refractivity contribution in [3.8, 4) is 11.8 Å². The van der Waals surface area contributed by atoms with Gasteiger partial charge in [0.15, 0.2) is 0 Å². The molecule has 0 fully saturated rings. The van der Waals surface area contributed by atoms with Gasteiger partial charge < -0.3 is 9.64 Å². The van der Waals surface area contributed by atoms with Crippen LogP contribution < -0.4 is 14.4 Å². The summed E-state index contributed by atoms with van der Waals surface area (Å²) in [5.74, 6) is 0.455. The summed E-state index contributed by atoms with van der Waals surface area (Å²) in [6.45, 7) is 2.79. The Morgan fingerprint density at radius 2 is 1.92 bits per heavy atom. The number of rotatable bonds is 5. The lowest BCUT2D eigenvalue weighted by atomic mass is 9.91. The minimum Gasteiger partial charge on any atom is -0.497 e. The summed E-state index contributed by atoms with van der Waals surface area (Å²) in [4.78, 5) is 2.19. The minimum atomic E-state index is -3.32. The maximum Gasteiger partial charge on any atom is 0.229 e. The second-order valence-electron chi connectivity index (χ2n) is 6.26. The Morgan fingerprint density at radius 1 is 1.23 bits per heavy atom.